The van der Waals surface area contributed by atoms with E-state index in [1.54, 1.807) is 0 Å². The minimum atomic E-state index is 0.183. The van der Waals surface area contributed by atoms with Gasteiger partial charge in [-0.2, -0.15) is 0 Å². The Morgan fingerprint density at radius 2 is 1.76 bits per heavy atom. The monoisotopic (exact) mass is 236 g/mol. The Kier molecular flexibility index (Phi) is 2.19. The van der Waals surface area contributed by atoms with Gasteiger partial charge in [0.05, 0.1) is 0 Å². The molecule has 4 atom stereocenters. The number of hydrogen-bond acceptors (Lipinski definition) is 1. The molecule has 3 aliphatic rings. The maximum Gasteiger partial charge on any atom is 0.0490 e. The van der Waals surface area contributed by atoms with Gasteiger partial charge in [0.25, 0.3) is 0 Å². The van der Waals surface area contributed by atoms with Crippen LogP contribution in [0.1, 0.15) is 66.2 Å². The Labute approximate surface area is 106 Å². The van der Waals surface area contributed by atoms with E-state index in [4.69, 9.17) is 0 Å². The smallest absolute Gasteiger partial charge is 0.0490 e. The van der Waals surface area contributed by atoms with Gasteiger partial charge in [-0.1, -0.05) is 34.1 Å². The summed E-state index contributed by atoms with van der Waals surface area (Å²) in [5.41, 5.74) is 1.61. The lowest BCUT2D eigenvalue weighted by Gasteiger charge is -2.56. The van der Waals surface area contributed by atoms with Crippen LogP contribution in [0.3, 0.4) is 0 Å². The highest BCUT2D eigenvalue weighted by molar-refractivity contribution is 5.22. The molecule has 0 aromatic heterocycles. The van der Waals surface area contributed by atoms with Crippen LogP contribution in [0, 0.1) is 27.6 Å². The average Bonchev–Trinajstić information content (AvgIpc) is 2.63. The first-order valence-electron chi connectivity index (χ1n) is 7.42. The van der Waals surface area contributed by atoms with Crippen LogP contribution in [0.4, 0.5) is 0 Å². The van der Waals surface area contributed by atoms with E-state index < -0.39 is 0 Å². The normalized spacial score (nSPS) is 55.9. The van der Waals surface area contributed by atoms with Crippen molar-refractivity contribution >= 4 is 0 Å². The van der Waals surface area contributed by atoms with Gasteiger partial charge < -0.3 is 5.11 Å². The molecule has 3 rings (SSSR count). The average molecular weight is 236 g/mol. The van der Waals surface area contributed by atoms with Crippen LogP contribution in [-0.4, -0.2) is 11.7 Å². The van der Waals surface area contributed by atoms with Crippen molar-refractivity contribution < 1.29 is 5.11 Å². The standard InChI is InChI=1S/C16H28O/c1-13(2)10-16-9-6-12(13)15(16,4)8-5-7-14(16,3)11-17/h12,17H,5-11H2,1-4H3. The van der Waals surface area contributed by atoms with E-state index in [-0.39, 0.29) is 5.41 Å². The predicted octanol–water partition coefficient (Wildman–Crippen LogP) is 4.00. The molecule has 0 radical (unpaired) electrons. The van der Waals surface area contributed by atoms with E-state index in [0.29, 0.717) is 22.9 Å². The van der Waals surface area contributed by atoms with Crippen molar-refractivity contribution in [1.29, 1.82) is 0 Å². The SMILES string of the molecule is CC1(C)CC23CCC1C2(C)CCCC3(C)CO. The van der Waals surface area contributed by atoms with E-state index in [0.717, 1.165) is 5.92 Å². The molecule has 4 unspecified atom stereocenters. The molecule has 1 nitrogen and oxygen atoms in total. The minimum absolute atomic E-state index is 0.183. The van der Waals surface area contributed by atoms with Gasteiger partial charge in [-0.3, -0.25) is 0 Å². The molecule has 0 saturated heterocycles. The van der Waals surface area contributed by atoms with Crippen molar-refractivity contribution in [3.05, 3.63) is 0 Å². The minimum Gasteiger partial charge on any atom is -0.396 e. The van der Waals surface area contributed by atoms with Crippen LogP contribution in [0.25, 0.3) is 0 Å². The molecule has 0 spiro atoms. The Morgan fingerprint density at radius 3 is 2.35 bits per heavy atom. The summed E-state index contributed by atoms with van der Waals surface area (Å²) in [5.74, 6) is 0.890. The van der Waals surface area contributed by atoms with Gasteiger partial charge in [-0.25, -0.2) is 0 Å². The highest BCUT2D eigenvalue weighted by atomic mass is 16.3. The first-order chi connectivity index (χ1) is 7.81. The lowest BCUT2D eigenvalue weighted by Crippen LogP contribution is -2.51. The van der Waals surface area contributed by atoms with E-state index in [1.165, 1.54) is 38.5 Å². The number of aliphatic hydroxyl groups is 1. The summed E-state index contributed by atoms with van der Waals surface area (Å²) in [6.45, 7) is 10.3. The van der Waals surface area contributed by atoms with Crippen LogP contribution >= 0.6 is 0 Å². The maximum atomic E-state index is 10.00. The van der Waals surface area contributed by atoms with Crippen LogP contribution < -0.4 is 0 Å². The molecule has 0 heterocycles. The molecule has 0 aliphatic heterocycles. The Hall–Kier alpha value is -0.0400. The molecule has 3 fully saturated rings. The third kappa shape index (κ3) is 1.11. The first-order valence-corrected chi connectivity index (χ1v) is 7.42. The van der Waals surface area contributed by atoms with Gasteiger partial charge >= 0.3 is 0 Å². The zero-order valence-electron chi connectivity index (χ0n) is 12.0. The third-order valence-electron chi connectivity index (χ3n) is 7.35. The van der Waals surface area contributed by atoms with E-state index in [9.17, 15) is 5.11 Å². The van der Waals surface area contributed by atoms with Crippen molar-refractivity contribution in [2.75, 3.05) is 6.61 Å². The third-order valence-corrected chi connectivity index (χ3v) is 7.35. The van der Waals surface area contributed by atoms with Gasteiger partial charge in [0, 0.05) is 6.61 Å². The zero-order valence-corrected chi connectivity index (χ0v) is 12.0. The highest BCUT2D eigenvalue weighted by Crippen LogP contribution is 2.80. The molecular formula is C16H28O. The van der Waals surface area contributed by atoms with Crippen molar-refractivity contribution in [2.45, 2.75) is 66.2 Å². The summed E-state index contributed by atoms with van der Waals surface area (Å²) in [6, 6.07) is 0. The second kappa shape index (κ2) is 3.10. The maximum absolute atomic E-state index is 10.00. The lowest BCUT2D eigenvalue weighted by atomic mass is 9.48. The van der Waals surface area contributed by atoms with Crippen molar-refractivity contribution in [3.63, 3.8) is 0 Å². The molecule has 3 saturated carbocycles. The molecule has 0 aromatic carbocycles. The zero-order chi connectivity index (χ0) is 12.5. The molecule has 98 valence electrons. The molecule has 1 heteroatoms. The van der Waals surface area contributed by atoms with Gasteiger partial charge in [-0.15, -0.1) is 0 Å². The molecule has 17 heavy (non-hydrogen) atoms. The predicted molar refractivity (Wildman–Crippen MR) is 70.7 cm³/mol. The number of aliphatic hydroxyl groups excluding tert-OH is 1. The summed E-state index contributed by atoms with van der Waals surface area (Å²) in [4.78, 5) is 0. The lowest BCUT2D eigenvalue weighted by molar-refractivity contribution is -0.106. The molecular weight excluding hydrogens is 208 g/mol. The van der Waals surface area contributed by atoms with Crippen molar-refractivity contribution in [2.24, 2.45) is 27.6 Å². The van der Waals surface area contributed by atoms with Gasteiger partial charge in [0.15, 0.2) is 0 Å². The summed E-state index contributed by atoms with van der Waals surface area (Å²) < 4.78 is 0. The molecule has 0 amide bonds. The Bertz CT molecular complexity index is 347. The molecule has 2 bridgehead atoms. The van der Waals surface area contributed by atoms with Crippen molar-refractivity contribution in [3.8, 4) is 0 Å². The first kappa shape index (κ1) is 12.0. The topological polar surface area (TPSA) is 20.2 Å². The van der Waals surface area contributed by atoms with Crippen LogP contribution in [-0.2, 0) is 0 Å². The summed E-state index contributed by atoms with van der Waals surface area (Å²) in [5, 5.41) is 10.00. The van der Waals surface area contributed by atoms with Crippen molar-refractivity contribution in [1.82, 2.24) is 0 Å². The number of rotatable bonds is 1. The van der Waals surface area contributed by atoms with Crippen LogP contribution in [0.2, 0.25) is 0 Å². The molecule has 0 aromatic rings. The molecule has 1 N–H and O–H groups in total. The quantitative estimate of drug-likeness (QED) is 0.729. The highest BCUT2D eigenvalue weighted by Gasteiger charge is 2.73. The van der Waals surface area contributed by atoms with E-state index in [2.05, 4.69) is 27.7 Å². The number of hydrogen-bond donors (Lipinski definition) is 1. The summed E-state index contributed by atoms with van der Waals surface area (Å²) in [6.07, 6.45) is 8.08. The molecule has 3 aliphatic carbocycles. The fourth-order valence-electron chi connectivity index (χ4n) is 6.71. The largest absolute Gasteiger partial charge is 0.396 e. The Morgan fingerprint density at radius 1 is 1.06 bits per heavy atom. The van der Waals surface area contributed by atoms with Crippen LogP contribution in [0.15, 0.2) is 0 Å². The fourth-order valence-corrected chi connectivity index (χ4v) is 6.71. The Balaban J connectivity index is 2.14. The second-order valence-corrected chi connectivity index (χ2v) is 8.33. The van der Waals surface area contributed by atoms with Gasteiger partial charge in [0.2, 0.25) is 0 Å². The summed E-state index contributed by atoms with van der Waals surface area (Å²) in [7, 11) is 0. The summed E-state index contributed by atoms with van der Waals surface area (Å²) >= 11 is 0. The van der Waals surface area contributed by atoms with E-state index >= 15 is 0 Å². The van der Waals surface area contributed by atoms with Gasteiger partial charge in [0.1, 0.15) is 0 Å². The van der Waals surface area contributed by atoms with Gasteiger partial charge in [-0.05, 0) is 59.7 Å². The van der Waals surface area contributed by atoms with E-state index in [1.807, 2.05) is 0 Å². The fraction of sp³-hybridized carbons (Fsp3) is 1.00. The second-order valence-electron chi connectivity index (χ2n) is 8.33. The van der Waals surface area contributed by atoms with Crippen LogP contribution in [0.5, 0.6) is 0 Å².